The molecule has 0 saturated heterocycles. The van der Waals surface area contributed by atoms with Crippen LogP contribution in [0, 0.1) is 25.7 Å². The molecule has 148 valence electrons. The zero-order chi connectivity index (χ0) is 20.1. The topological polar surface area (TPSA) is 67.4 Å². The molecule has 0 spiro atoms. The van der Waals surface area contributed by atoms with E-state index >= 15 is 0 Å². The van der Waals surface area contributed by atoms with Crippen LogP contribution in [0.5, 0.6) is 5.75 Å². The van der Waals surface area contributed by atoms with Crippen molar-refractivity contribution in [3.63, 3.8) is 0 Å². The largest absolute Gasteiger partial charge is 0.497 e. The Kier molecular flexibility index (Phi) is 6.34. The Morgan fingerprint density at radius 3 is 1.71 bits per heavy atom. The average Bonchev–Trinajstić information content (AvgIpc) is 2.68. The Morgan fingerprint density at radius 2 is 1.25 bits per heavy atom. The molecule has 1 fully saturated rings. The fraction of sp³-hybridized carbons (Fsp3) is 0.391. The van der Waals surface area contributed by atoms with Crippen LogP contribution in [-0.4, -0.2) is 18.9 Å². The molecule has 2 N–H and O–H groups in total. The molecule has 1 saturated carbocycles. The van der Waals surface area contributed by atoms with E-state index in [1.165, 1.54) is 0 Å². The van der Waals surface area contributed by atoms with E-state index in [4.69, 9.17) is 4.74 Å². The van der Waals surface area contributed by atoms with Crippen molar-refractivity contribution in [2.75, 3.05) is 17.7 Å². The average molecular weight is 380 g/mol. The summed E-state index contributed by atoms with van der Waals surface area (Å²) in [4.78, 5) is 25.1. The van der Waals surface area contributed by atoms with Crippen molar-refractivity contribution < 1.29 is 14.3 Å². The second-order valence-corrected chi connectivity index (χ2v) is 7.63. The van der Waals surface area contributed by atoms with Crippen molar-refractivity contribution in [1.82, 2.24) is 0 Å². The van der Waals surface area contributed by atoms with Gasteiger partial charge in [0, 0.05) is 23.2 Å². The molecular formula is C23H28N2O3. The smallest absolute Gasteiger partial charge is 0.227 e. The van der Waals surface area contributed by atoms with Crippen molar-refractivity contribution in [1.29, 1.82) is 0 Å². The van der Waals surface area contributed by atoms with Crippen molar-refractivity contribution in [2.45, 2.75) is 39.5 Å². The van der Waals surface area contributed by atoms with Gasteiger partial charge < -0.3 is 15.4 Å². The minimum absolute atomic E-state index is 0.0262. The van der Waals surface area contributed by atoms with E-state index in [0.717, 1.165) is 53.9 Å². The Bertz CT molecular complexity index is 817. The first-order valence-corrected chi connectivity index (χ1v) is 9.78. The molecule has 0 bridgehead atoms. The molecule has 28 heavy (non-hydrogen) atoms. The number of rotatable bonds is 5. The molecular weight excluding hydrogens is 352 g/mol. The van der Waals surface area contributed by atoms with Crippen LogP contribution in [0.2, 0.25) is 0 Å². The summed E-state index contributed by atoms with van der Waals surface area (Å²) in [5.41, 5.74) is 3.88. The summed E-state index contributed by atoms with van der Waals surface area (Å²) in [5, 5.41) is 6.00. The minimum atomic E-state index is -0.0487. The van der Waals surface area contributed by atoms with Crippen LogP contribution in [0.15, 0.2) is 42.5 Å². The molecule has 2 aromatic carbocycles. The lowest BCUT2D eigenvalue weighted by molar-refractivity contribution is -0.125. The number of carbonyl (C=O) groups is 2. The second kappa shape index (κ2) is 8.91. The van der Waals surface area contributed by atoms with E-state index in [1.54, 1.807) is 7.11 Å². The third-order valence-corrected chi connectivity index (χ3v) is 5.32. The number of amides is 2. The number of nitrogens with one attached hydrogen (secondary N) is 2. The molecule has 0 aliphatic heterocycles. The lowest BCUT2D eigenvalue weighted by atomic mass is 9.81. The highest BCUT2D eigenvalue weighted by Crippen LogP contribution is 2.31. The van der Waals surface area contributed by atoms with E-state index in [0.29, 0.717) is 0 Å². The predicted molar refractivity (Wildman–Crippen MR) is 112 cm³/mol. The Balaban J connectivity index is 1.50. The van der Waals surface area contributed by atoms with Gasteiger partial charge in [-0.05, 0) is 87.1 Å². The third kappa shape index (κ3) is 5.12. The van der Waals surface area contributed by atoms with Crippen molar-refractivity contribution in [3.8, 4) is 5.75 Å². The molecule has 5 nitrogen and oxygen atoms in total. The molecule has 0 heterocycles. The number of aryl methyl sites for hydroxylation is 2. The SMILES string of the molecule is COc1ccc(NC(=O)C2CCC(C(=O)Nc3cc(C)cc(C)c3)CC2)cc1. The van der Waals surface area contributed by atoms with Gasteiger partial charge in [0.05, 0.1) is 7.11 Å². The first kappa shape index (κ1) is 19.9. The predicted octanol–water partition coefficient (Wildman–Crippen LogP) is 4.70. The van der Waals surface area contributed by atoms with Gasteiger partial charge in [0.25, 0.3) is 0 Å². The number of ether oxygens (including phenoxy) is 1. The summed E-state index contributed by atoms with van der Waals surface area (Å²) in [6, 6.07) is 13.4. The molecule has 0 atom stereocenters. The number of methoxy groups -OCH3 is 1. The van der Waals surface area contributed by atoms with Gasteiger partial charge in [0.2, 0.25) is 11.8 Å². The van der Waals surface area contributed by atoms with Crippen molar-refractivity contribution in [2.24, 2.45) is 11.8 Å². The zero-order valence-corrected chi connectivity index (χ0v) is 16.7. The second-order valence-electron chi connectivity index (χ2n) is 7.63. The summed E-state index contributed by atoms with van der Waals surface area (Å²) in [6.07, 6.45) is 2.93. The summed E-state index contributed by atoms with van der Waals surface area (Å²) in [7, 11) is 1.61. The van der Waals surface area contributed by atoms with Gasteiger partial charge in [-0.15, -0.1) is 0 Å². The van der Waals surface area contributed by atoms with Gasteiger partial charge in [0.15, 0.2) is 0 Å². The Morgan fingerprint density at radius 1 is 0.786 bits per heavy atom. The van der Waals surface area contributed by atoms with E-state index in [1.807, 2.05) is 50.2 Å². The molecule has 0 radical (unpaired) electrons. The molecule has 3 rings (SSSR count). The molecule has 2 amide bonds. The normalized spacial score (nSPS) is 19.0. The Labute approximate surface area is 166 Å². The first-order chi connectivity index (χ1) is 13.4. The Hall–Kier alpha value is -2.82. The monoisotopic (exact) mass is 380 g/mol. The summed E-state index contributed by atoms with van der Waals surface area (Å²) in [5.74, 6) is 0.754. The van der Waals surface area contributed by atoms with Gasteiger partial charge in [-0.1, -0.05) is 6.07 Å². The zero-order valence-electron chi connectivity index (χ0n) is 16.7. The lowest BCUT2D eigenvalue weighted by Crippen LogP contribution is -2.32. The van der Waals surface area contributed by atoms with E-state index in [9.17, 15) is 9.59 Å². The molecule has 0 unspecified atom stereocenters. The standard InChI is InChI=1S/C23H28N2O3/c1-15-12-16(2)14-20(13-15)25-23(27)18-6-4-17(5-7-18)22(26)24-19-8-10-21(28-3)11-9-19/h8-14,17-18H,4-7H2,1-3H3,(H,24,26)(H,25,27). The van der Waals surface area contributed by atoms with Gasteiger partial charge in [-0.25, -0.2) is 0 Å². The molecule has 1 aliphatic rings. The summed E-state index contributed by atoms with van der Waals surface area (Å²) >= 11 is 0. The number of anilines is 2. The van der Waals surface area contributed by atoms with E-state index in [2.05, 4.69) is 16.7 Å². The highest BCUT2D eigenvalue weighted by atomic mass is 16.5. The maximum Gasteiger partial charge on any atom is 0.227 e. The van der Waals surface area contributed by atoms with Gasteiger partial charge in [0.1, 0.15) is 5.75 Å². The highest BCUT2D eigenvalue weighted by molar-refractivity contribution is 5.94. The van der Waals surface area contributed by atoms with Gasteiger partial charge >= 0.3 is 0 Å². The maximum absolute atomic E-state index is 12.6. The maximum atomic E-state index is 12.6. The van der Waals surface area contributed by atoms with E-state index in [-0.39, 0.29) is 23.7 Å². The molecule has 1 aliphatic carbocycles. The number of benzene rings is 2. The van der Waals surface area contributed by atoms with Crippen LogP contribution in [-0.2, 0) is 9.59 Å². The quantitative estimate of drug-likeness (QED) is 0.790. The van der Waals surface area contributed by atoms with E-state index < -0.39 is 0 Å². The summed E-state index contributed by atoms with van der Waals surface area (Å²) < 4.78 is 5.13. The lowest BCUT2D eigenvalue weighted by Gasteiger charge is -2.27. The molecule has 2 aromatic rings. The van der Waals surface area contributed by atoms with Crippen LogP contribution in [0.25, 0.3) is 0 Å². The van der Waals surface area contributed by atoms with Crippen molar-refractivity contribution in [3.05, 3.63) is 53.6 Å². The fourth-order valence-electron chi connectivity index (χ4n) is 3.83. The van der Waals surface area contributed by atoms with Crippen LogP contribution >= 0.6 is 0 Å². The van der Waals surface area contributed by atoms with Crippen LogP contribution in [0.3, 0.4) is 0 Å². The van der Waals surface area contributed by atoms with Crippen molar-refractivity contribution >= 4 is 23.2 Å². The third-order valence-electron chi connectivity index (χ3n) is 5.32. The van der Waals surface area contributed by atoms with Crippen LogP contribution in [0.1, 0.15) is 36.8 Å². The number of carbonyl (C=O) groups excluding carboxylic acids is 2. The minimum Gasteiger partial charge on any atom is -0.497 e. The first-order valence-electron chi connectivity index (χ1n) is 9.78. The van der Waals surface area contributed by atoms with Gasteiger partial charge in [-0.2, -0.15) is 0 Å². The van der Waals surface area contributed by atoms with Crippen LogP contribution in [0.4, 0.5) is 11.4 Å². The fourth-order valence-corrected chi connectivity index (χ4v) is 3.83. The highest BCUT2D eigenvalue weighted by Gasteiger charge is 2.30. The summed E-state index contributed by atoms with van der Waals surface area (Å²) in [6.45, 7) is 4.05. The number of hydrogen-bond donors (Lipinski definition) is 2. The number of hydrogen-bond acceptors (Lipinski definition) is 3. The molecule has 0 aromatic heterocycles. The van der Waals surface area contributed by atoms with Gasteiger partial charge in [-0.3, -0.25) is 9.59 Å². The van der Waals surface area contributed by atoms with Crippen LogP contribution < -0.4 is 15.4 Å². The molecule has 5 heteroatoms.